The number of amides is 2. The molecule has 182 valence electrons. The van der Waals surface area contributed by atoms with Crippen LogP contribution in [0.25, 0.3) is 0 Å². The number of nitrogens with one attached hydrogen (secondary N) is 2. The number of aliphatic carboxylic acids is 2. The molecule has 0 heterocycles. The van der Waals surface area contributed by atoms with E-state index in [1.165, 1.54) is 21.6 Å². The fraction of sp³-hybridized carbons (Fsp3) is 0.778. The number of alkyl halides is 3. The van der Waals surface area contributed by atoms with Crippen molar-refractivity contribution in [1.82, 2.24) is 10.6 Å². The average Bonchev–Trinajstić information content (AvgIpc) is 2.58. The van der Waals surface area contributed by atoms with E-state index in [4.69, 9.17) is 15.0 Å². The summed E-state index contributed by atoms with van der Waals surface area (Å²) < 4.78 is 31.7. The molecule has 0 aromatic heterocycles. The lowest BCUT2D eigenvalue weighted by molar-refractivity contribution is -0.192. The van der Waals surface area contributed by atoms with Crippen molar-refractivity contribution in [2.45, 2.75) is 59.7 Å². The number of hydrogen-bond acceptors (Lipinski definition) is 6. The predicted molar refractivity (Wildman–Crippen MR) is 115 cm³/mol. The average molecular weight is 493 g/mol. The van der Waals surface area contributed by atoms with Gasteiger partial charge in [0.05, 0.1) is 6.42 Å². The van der Waals surface area contributed by atoms with Crippen molar-refractivity contribution in [3.8, 4) is 0 Å². The molecule has 31 heavy (non-hydrogen) atoms. The lowest BCUT2D eigenvalue weighted by Crippen LogP contribution is -2.50. The van der Waals surface area contributed by atoms with Crippen LogP contribution in [0.3, 0.4) is 0 Å². The van der Waals surface area contributed by atoms with Crippen molar-refractivity contribution in [3.63, 3.8) is 0 Å². The van der Waals surface area contributed by atoms with Gasteiger partial charge in [-0.25, -0.2) is 4.79 Å². The first-order chi connectivity index (χ1) is 14.0. The van der Waals surface area contributed by atoms with Gasteiger partial charge in [0, 0.05) is 23.5 Å². The van der Waals surface area contributed by atoms with Gasteiger partial charge in [-0.15, -0.1) is 0 Å². The van der Waals surface area contributed by atoms with Gasteiger partial charge in [-0.2, -0.15) is 13.2 Å². The largest absolute Gasteiger partial charge is 0.490 e. The minimum absolute atomic E-state index is 0.137. The number of carboxylic acids is 2. The second-order valence-corrected chi connectivity index (χ2v) is 10.5. The Morgan fingerprint density at radius 1 is 0.968 bits per heavy atom. The number of halogens is 3. The number of hydrogen-bond donors (Lipinski definition) is 4. The highest BCUT2D eigenvalue weighted by Crippen LogP contribution is 2.21. The van der Waals surface area contributed by atoms with Gasteiger partial charge in [0.15, 0.2) is 0 Å². The zero-order valence-corrected chi connectivity index (χ0v) is 19.8. The van der Waals surface area contributed by atoms with Crippen LogP contribution in [0.1, 0.15) is 47.5 Å². The molecule has 0 aliphatic heterocycles. The number of rotatable bonds is 11. The Bertz CT molecular complexity index is 596. The van der Waals surface area contributed by atoms with Crippen LogP contribution in [0.5, 0.6) is 0 Å². The molecule has 0 radical (unpaired) electrons. The van der Waals surface area contributed by atoms with Gasteiger partial charge < -0.3 is 20.8 Å². The summed E-state index contributed by atoms with van der Waals surface area (Å²) in [4.78, 5) is 43.7. The highest BCUT2D eigenvalue weighted by molar-refractivity contribution is 8.76. The second kappa shape index (κ2) is 15.2. The van der Waals surface area contributed by atoms with Crippen LogP contribution in [0, 0.1) is 11.3 Å². The van der Waals surface area contributed by atoms with Crippen molar-refractivity contribution in [3.05, 3.63) is 0 Å². The molecule has 0 fully saturated rings. The van der Waals surface area contributed by atoms with Gasteiger partial charge in [-0.1, -0.05) is 56.2 Å². The first kappa shape index (κ1) is 31.6. The lowest BCUT2D eigenvalue weighted by atomic mass is 9.94. The van der Waals surface area contributed by atoms with Crippen LogP contribution in [-0.4, -0.2) is 64.2 Å². The fourth-order valence-electron chi connectivity index (χ4n) is 1.66. The molecule has 2 amide bonds. The molecule has 1 atom stereocenters. The van der Waals surface area contributed by atoms with E-state index in [1.54, 1.807) is 0 Å². The molecule has 13 heteroatoms. The zero-order valence-electron chi connectivity index (χ0n) is 18.2. The smallest absolute Gasteiger partial charge is 0.481 e. The number of carboxylic acid groups (broad SMARTS) is 2. The van der Waals surface area contributed by atoms with Gasteiger partial charge in [0.25, 0.3) is 0 Å². The Labute approximate surface area is 187 Å². The minimum atomic E-state index is -5.08. The van der Waals surface area contributed by atoms with E-state index < -0.39 is 29.6 Å². The Balaban J connectivity index is 0. The molecule has 0 rings (SSSR count). The maximum atomic E-state index is 12.3. The zero-order chi connectivity index (χ0) is 24.8. The van der Waals surface area contributed by atoms with E-state index in [1.807, 2.05) is 34.6 Å². The molecule has 0 aromatic carbocycles. The number of carbonyl (C=O) groups is 4. The SMILES string of the molecule is CC(C)C[C@H](NC(=O)C(C)(C)C)C(=O)NCCSSCCC(=O)O.O=C(O)C(F)(F)F. The first-order valence-electron chi connectivity index (χ1n) is 9.33. The normalized spacial score (nSPS) is 12.4. The molecule has 4 N–H and O–H groups in total. The number of carbonyl (C=O) groups excluding carboxylic acids is 2. The van der Waals surface area contributed by atoms with Crippen molar-refractivity contribution >= 4 is 45.3 Å². The Kier molecular flexibility index (Phi) is 15.5. The van der Waals surface area contributed by atoms with E-state index >= 15 is 0 Å². The molecular formula is C18H31F3N2O6S2. The quantitative estimate of drug-likeness (QED) is 0.255. The molecule has 0 aliphatic carbocycles. The van der Waals surface area contributed by atoms with Crippen LogP contribution in [0.2, 0.25) is 0 Å². The van der Waals surface area contributed by atoms with Crippen LogP contribution in [0.4, 0.5) is 13.2 Å². The van der Waals surface area contributed by atoms with Crippen LogP contribution >= 0.6 is 21.6 Å². The van der Waals surface area contributed by atoms with Gasteiger partial charge >= 0.3 is 18.1 Å². The third-order valence-electron chi connectivity index (χ3n) is 3.22. The summed E-state index contributed by atoms with van der Waals surface area (Å²) in [5.74, 6) is -2.33. The lowest BCUT2D eigenvalue weighted by Gasteiger charge is -2.25. The van der Waals surface area contributed by atoms with E-state index in [-0.39, 0.29) is 18.2 Å². The molecule has 0 saturated carbocycles. The Morgan fingerprint density at radius 2 is 1.45 bits per heavy atom. The summed E-state index contributed by atoms with van der Waals surface area (Å²) >= 11 is 0. The Morgan fingerprint density at radius 3 is 1.84 bits per heavy atom. The standard InChI is InChI=1S/C16H30N2O4S2.C2HF3O2/c1-11(2)10-12(18-15(22)16(3,4)5)14(21)17-7-9-24-23-8-6-13(19)20;3-2(4,5)1(6)7/h11-12H,6-10H2,1-5H3,(H,17,21)(H,18,22)(H,19,20);(H,6,7)/t12-;/m0./s1. The van der Waals surface area contributed by atoms with Gasteiger partial charge in [-0.05, 0) is 12.3 Å². The second-order valence-electron chi connectivity index (χ2n) is 7.79. The van der Waals surface area contributed by atoms with E-state index in [9.17, 15) is 27.6 Å². The van der Waals surface area contributed by atoms with Gasteiger partial charge in [0.1, 0.15) is 6.04 Å². The van der Waals surface area contributed by atoms with Crippen molar-refractivity contribution in [2.75, 3.05) is 18.1 Å². The maximum Gasteiger partial charge on any atom is 0.490 e. The van der Waals surface area contributed by atoms with Crippen molar-refractivity contribution in [2.24, 2.45) is 11.3 Å². The van der Waals surface area contributed by atoms with Crippen molar-refractivity contribution in [1.29, 1.82) is 0 Å². The van der Waals surface area contributed by atoms with Crippen molar-refractivity contribution < 1.29 is 42.6 Å². The van der Waals surface area contributed by atoms with Crippen LogP contribution in [0.15, 0.2) is 0 Å². The summed E-state index contributed by atoms with van der Waals surface area (Å²) in [7, 11) is 3.01. The fourth-order valence-corrected chi connectivity index (χ4v) is 3.55. The first-order valence-corrected chi connectivity index (χ1v) is 11.8. The summed E-state index contributed by atoms with van der Waals surface area (Å²) in [6, 6.07) is -0.526. The predicted octanol–water partition coefficient (Wildman–Crippen LogP) is 3.17. The summed E-state index contributed by atoms with van der Waals surface area (Å²) in [5.41, 5.74) is -0.536. The van der Waals surface area contributed by atoms with Crippen LogP contribution in [-0.2, 0) is 19.2 Å². The van der Waals surface area contributed by atoms with Gasteiger partial charge in [0.2, 0.25) is 11.8 Å². The highest BCUT2D eigenvalue weighted by atomic mass is 33.1. The third kappa shape index (κ3) is 18.8. The molecule has 0 bridgehead atoms. The Hall–Kier alpha value is -1.63. The monoisotopic (exact) mass is 492 g/mol. The van der Waals surface area contributed by atoms with E-state index in [0.717, 1.165) is 0 Å². The summed E-state index contributed by atoms with van der Waals surface area (Å²) in [5, 5.41) is 21.3. The third-order valence-corrected chi connectivity index (χ3v) is 5.63. The van der Waals surface area contributed by atoms with Gasteiger partial charge in [-0.3, -0.25) is 14.4 Å². The molecule has 0 aliphatic rings. The van der Waals surface area contributed by atoms with E-state index in [0.29, 0.717) is 30.4 Å². The molecular weight excluding hydrogens is 461 g/mol. The van der Waals surface area contributed by atoms with E-state index in [2.05, 4.69) is 10.6 Å². The molecule has 0 aromatic rings. The summed E-state index contributed by atoms with van der Waals surface area (Å²) in [6.07, 6.45) is -4.35. The molecule has 8 nitrogen and oxygen atoms in total. The molecule has 0 saturated heterocycles. The summed E-state index contributed by atoms with van der Waals surface area (Å²) in [6.45, 7) is 9.97. The molecule has 0 unspecified atom stereocenters. The van der Waals surface area contributed by atoms with Crippen LogP contribution < -0.4 is 10.6 Å². The minimum Gasteiger partial charge on any atom is -0.481 e. The molecule has 0 spiro atoms. The highest BCUT2D eigenvalue weighted by Gasteiger charge is 2.38. The topological polar surface area (TPSA) is 133 Å². The maximum absolute atomic E-state index is 12.3.